The number of nitrogens with zero attached hydrogens (tertiary/aromatic N) is 1. The Morgan fingerprint density at radius 1 is 0.266 bits per heavy atom. The zero-order valence-corrected chi connectivity index (χ0v) is 37.0. The second kappa shape index (κ2) is 15.2. The van der Waals surface area contributed by atoms with Crippen molar-refractivity contribution in [1.82, 2.24) is 0 Å². The summed E-state index contributed by atoms with van der Waals surface area (Å²) in [6, 6.07) is 82.8. The number of thiophene rings is 3. The predicted molar refractivity (Wildman–Crippen MR) is 282 cm³/mol. The van der Waals surface area contributed by atoms with Gasteiger partial charge in [0.1, 0.15) is 0 Å². The van der Waals surface area contributed by atoms with Gasteiger partial charge in [0.05, 0.1) is 21.8 Å². The summed E-state index contributed by atoms with van der Waals surface area (Å²) in [4.78, 5) is 2.65. The molecule has 0 amide bonds. The fourth-order valence-corrected chi connectivity index (χ4v) is 13.5. The van der Waals surface area contributed by atoms with Crippen molar-refractivity contribution in [2.45, 2.75) is 0 Å². The highest BCUT2D eigenvalue weighted by atomic mass is 32.1. The van der Waals surface area contributed by atoms with Crippen LogP contribution in [0.1, 0.15) is 0 Å². The molecule has 13 aromatic rings. The molecule has 0 aliphatic rings. The highest BCUT2D eigenvalue weighted by Crippen LogP contribution is 2.56. The minimum atomic E-state index is 1.17. The average Bonchev–Trinajstić information content (AvgIpc) is 4.07. The molecule has 0 radical (unpaired) electrons. The highest BCUT2D eigenvalue weighted by molar-refractivity contribution is 7.27. The lowest BCUT2D eigenvalue weighted by molar-refractivity contribution is 1.34. The van der Waals surface area contributed by atoms with Crippen molar-refractivity contribution in [3.05, 3.63) is 224 Å². The summed E-state index contributed by atoms with van der Waals surface area (Å²) in [5.74, 6) is 0. The third-order valence-corrected chi connectivity index (χ3v) is 16.3. The summed E-state index contributed by atoms with van der Waals surface area (Å²) >= 11 is 5.70. The van der Waals surface area contributed by atoms with E-state index in [1.54, 1.807) is 0 Å². The average molecular weight is 868 g/mol. The molecule has 0 N–H and O–H groups in total. The van der Waals surface area contributed by atoms with E-state index in [1.807, 2.05) is 34.0 Å². The number of hydrogen-bond acceptors (Lipinski definition) is 4. The fraction of sp³-hybridized carbons (Fsp3) is 0. The maximum Gasteiger partial charge on any atom is 0.0641 e. The van der Waals surface area contributed by atoms with Crippen LogP contribution < -0.4 is 4.90 Å². The maximum atomic E-state index is 2.65. The molecule has 0 atom stereocenters. The monoisotopic (exact) mass is 867 g/mol. The van der Waals surface area contributed by atoms with E-state index in [4.69, 9.17) is 0 Å². The van der Waals surface area contributed by atoms with Crippen LogP contribution >= 0.6 is 34.0 Å². The largest absolute Gasteiger partial charge is 0.307 e. The van der Waals surface area contributed by atoms with Gasteiger partial charge < -0.3 is 4.90 Å². The molecule has 0 saturated heterocycles. The SMILES string of the molecule is c1ccc(-c2ccc3c(c2)sc2c(-c4ccccc4)ccc(N(c4cccc5c4sc4ccccc45)c4c(-c5ccccc5)ccc5sc6c(-c7ccccc7)cccc6c45)c23)cc1. The molecule has 3 heterocycles. The first kappa shape index (κ1) is 37.2. The summed E-state index contributed by atoms with van der Waals surface area (Å²) in [6.45, 7) is 0. The van der Waals surface area contributed by atoms with Crippen molar-refractivity contribution in [2.24, 2.45) is 0 Å². The molecule has 300 valence electrons. The lowest BCUT2D eigenvalue weighted by Crippen LogP contribution is -2.12. The Hall–Kier alpha value is -7.34. The van der Waals surface area contributed by atoms with Gasteiger partial charge in [-0.2, -0.15) is 0 Å². The quantitative estimate of drug-likeness (QED) is 0.154. The van der Waals surface area contributed by atoms with Gasteiger partial charge in [0.25, 0.3) is 0 Å². The first-order chi connectivity index (χ1) is 31.8. The van der Waals surface area contributed by atoms with Gasteiger partial charge >= 0.3 is 0 Å². The van der Waals surface area contributed by atoms with Crippen LogP contribution in [0.25, 0.3) is 105 Å². The molecule has 0 saturated carbocycles. The highest BCUT2D eigenvalue weighted by Gasteiger charge is 2.29. The number of fused-ring (bicyclic) bond motifs is 9. The molecule has 10 aromatic carbocycles. The van der Waals surface area contributed by atoms with Gasteiger partial charge in [-0.15, -0.1) is 34.0 Å². The van der Waals surface area contributed by atoms with E-state index in [0.29, 0.717) is 0 Å². The molecule has 13 rings (SSSR count). The number of anilines is 3. The first-order valence-corrected chi connectivity index (χ1v) is 24.1. The molecule has 0 fully saturated rings. The summed E-state index contributed by atoms with van der Waals surface area (Å²) in [7, 11) is 0. The van der Waals surface area contributed by atoms with Gasteiger partial charge in [-0.1, -0.05) is 194 Å². The van der Waals surface area contributed by atoms with E-state index in [9.17, 15) is 0 Å². The van der Waals surface area contributed by atoms with Crippen LogP contribution in [0.4, 0.5) is 17.1 Å². The van der Waals surface area contributed by atoms with E-state index in [1.165, 1.54) is 122 Å². The lowest BCUT2D eigenvalue weighted by atomic mass is 9.95. The predicted octanol–water partition coefficient (Wildman–Crippen LogP) is 18.9. The van der Waals surface area contributed by atoms with Gasteiger partial charge in [-0.3, -0.25) is 0 Å². The van der Waals surface area contributed by atoms with Crippen LogP contribution in [0.2, 0.25) is 0 Å². The minimum absolute atomic E-state index is 1.17. The normalized spacial score (nSPS) is 11.8. The molecule has 64 heavy (non-hydrogen) atoms. The Bertz CT molecular complexity index is 3880. The molecule has 1 nitrogen and oxygen atoms in total. The molecule has 3 aromatic heterocycles. The van der Waals surface area contributed by atoms with E-state index >= 15 is 0 Å². The smallest absolute Gasteiger partial charge is 0.0641 e. The van der Waals surface area contributed by atoms with Crippen LogP contribution in [-0.2, 0) is 0 Å². The van der Waals surface area contributed by atoms with Crippen LogP contribution in [-0.4, -0.2) is 0 Å². The van der Waals surface area contributed by atoms with Crippen molar-refractivity contribution in [2.75, 3.05) is 4.90 Å². The molecule has 0 aliphatic heterocycles. The third kappa shape index (κ3) is 5.95. The Labute approximate surface area is 383 Å². The Balaban J connectivity index is 1.21. The van der Waals surface area contributed by atoms with Crippen molar-refractivity contribution < 1.29 is 0 Å². The Morgan fingerprint density at radius 3 is 1.56 bits per heavy atom. The van der Waals surface area contributed by atoms with Crippen LogP contribution in [0.15, 0.2) is 224 Å². The van der Waals surface area contributed by atoms with Gasteiger partial charge in [-0.05, 0) is 69.3 Å². The second-order valence-corrected chi connectivity index (χ2v) is 19.5. The number of benzene rings is 10. The summed E-state index contributed by atoms with van der Waals surface area (Å²) < 4.78 is 7.69. The number of hydrogen-bond donors (Lipinski definition) is 0. The van der Waals surface area contributed by atoms with Gasteiger partial charge in [0.2, 0.25) is 0 Å². The fourth-order valence-electron chi connectivity index (χ4n) is 9.78. The van der Waals surface area contributed by atoms with Gasteiger partial charge in [0, 0.05) is 61.4 Å². The maximum absolute atomic E-state index is 2.65. The lowest BCUT2D eigenvalue weighted by Gasteiger charge is -2.30. The van der Waals surface area contributed by atoms with E-state index in [-0.39, 0.29) is 0 Å². The standard InChI is InChI=1S/C60H37NS3/c1-5-17-38(18-6-1)42-31-32-48-54(37-42)64-60-45(41-23-11-4-12-24-41)33-35-50(55(48)60)61(51-29-16-27-47-46-25-13-14-30-52(46)62-59(47)51)57-43(39-19-7-2-8-20-39)34-36-53-56(57)49-28-15-26-44(58(49)63-53)40-21-9-3-10-22-40/h1-37H. The van der Waals surface area contributed by atoms with Crippen molar-refractivity contribution in [3.63, 3.8) is 0 Å². The minimum Gasteiger partial charge on any atom is -0.307 e. The van der Waals surface area contributed by atoms with E-state index < -0.39 is 0 Å². The summed E-state index contributed by atoms with van der Waals surface area (Å²) in [6.07, 6.45) is 0. The van der Waals surface area contributed by atoms with Crippen LogP contribution in [0.3, 0.4) is 0 Å². The van der Waals surface area contributed by atoms with Crippen LogP contribution in [0, 0.1) is 0 Å². The zero-order chi connectivity index (χ0) is 42.1. The van der Waals surface area contributed by atoms with Gasteiger partial charge in [0.15, 0.2) is 0 Å². The summed E-state index contributed by atoms with van der Waals surface area (Å²) in [5, 5.41) is 7.62. The molecule has 0 aliphatic carbocycles. The topological polar surface area (TPSA) is 3.24 Å². The molecule has 0 bridgehead atoms. The van der Waals surface area contributed by atoms with Gasteiger partial charge in [-0.25, -0.2) is 0 Å². The third-order valence-electron chi connectivity index (χ3n) is 12.7. The van der Waals surface area contributed by atoms with Crippen molar-refractivity contribution >= 4 is 112 Å². The Morgan fingerprint density at radius 2 is 0.828 bits per heavy atom. The molecule has 0 spiro atoms. The van der Waals surface area contributed by atoms with E-state index in [0.717, 1.165) is 0 Å². The number of rotatable bonds is 7. The molecule has 4 heteroatoms. The van der Waals surface area contributed by atoms with Crippen LogP contribution in [0.5, 0.6) is 0 Å². The molecular weight excluding hydrogens is 831 g/mol. The summed E-state index contributed by atoms with van der Waals surface area (Å²) in [5.41, 5.74) is 13.3. The van der Waals surface area contributed by atoms with Crippen molar-refractivity contribution in [3.8, 4) is 44.5 Å². The first-order valence-electron chi connectivity index (χ1n) is 21.7. The zero-order valence-electron chi connectivity index (χ0n) is 34.5. The molecular formula is C60H37NS3. The Kier molecular flexibility index (Phi) is 8.83. The van der Waals surface area contributed by atoms with Crippen molar-refractivity contribution in [1.29, 1.82) is 0 Å². The molecule has 0 unspecified atom stereocenters. The second-order valence-electron chi connectivity index (χ2n) is 16.3. The van der Waals surface area contributed by atoms with E-state index in [2.05, 4.69) is 229 Å².